The van der Waals surface area contributed by atoms with Crippen molar-refractivity contribution in [2.45, 2.75) is 44.9 Å². The van der Waals surface area contributed by atoms with Gasteiger partial charge in [-0.2, -0.15) is 0 Å². The van der Waals surface area contributed by atoms with E-state index in [-0.39, 0.29) is 6.61 Å². The standard InChI is InChI=1S/C10H18N4O/c15-8-10-7-14(13-12-10)6-4-9-3-1-2-5-11-9/h7,9,11,15H,1-6,8H2/t9-/m0/s1. The zero-order valence-corrected chi connectivity index (χ0v) is 8.89. The molecule has 15 heavy (non-hydrogen) atoms. The molecule has 1 fully saturated rings. The number of aromatic nitrogens is 3. The lowest BCUT2D eigenvalue weighted by atomic mass is 10.0. The number of aliphatic hydroxyl groups excluding tert-OH is 1. The van der Waals surface area contributed by atoms with Crippen molar-refractivity contribution in [2.75, 3.05) is 6.54 Å². The highest BCUT2D eigenvalue weighted by Crippen LogP contribution is 2.10. The van der Waals surface area contributed by atoms with E-state index in [9.17, 15) is 0 Å². The minimum atomic E-state index is -0.0261. The van der Waals surface area contributed by atoms with Crippen molar-refractivity contribution in [3.63, 3.8) is 0 Å². The van der Waals surface area contributed by atoms with Crippen LogP contribution in [0.25, 0.3) is 0 Å². The summed E-state index contributed by atoms with van der Waals surface area (Å²) in [6, 6.07) is 0.625. The molecule has 2 rings (SSSR count). The van der Waals surface area contributed by atoms with E-state index < -0.39 is 0 Å². The lowest BCUT2D eigenvalue weighted by molar-refractivity contribution is 0.276. The van der Waals surface area contributed by atoms with Crippen LogP contribution in [0.3, 0.4) is 0 Å². The van der Waals surface area contributed by atoms with Gasteiger partial charge in [0.1, 0.15) is 5.69 Å². The van der Waals surface area contributed by atoms with E-state index in [1.54, 1.807) is 0 Å². The van der Waals surface area contributed by atoms with Crippen LogP contribution in [0.2, 0.25) is 0 Å². The number of rotatable bonds is 4. The normalized spacial score (nSPS) is 21.8. The minimum Gasteiger partial charge on any atom is -0.390 e. The third-order valence-corrected chi connectivity index (χ3v) is 2.87. The predicted molar refractivity (Wildman–Crippen MR) is 56.2 cm³/mol. The van der Waals surface area contributed by atoms with Crippen LogP contribution < -0.4 is 5.32 Å². The maximum atomic E-state index is 8.84. The number of hydrogen-bond donors (Lipinski definition) is 2. The van der Waals surface area contributed by atoms with Crippen molar-refractivity contribution >= 4 is 0 Å². The number of aryl methyl sites for hydroxylation is 1. The summed E-state index contributed by atoms with van der Waals surface area (Å²) in [4.78, 5) is 0. The number of piperidine rings is 1. The molecule has 0 unspecified atom stereocenters. The highest BCUT2D eigenvalue weighted by molar-refractivity contribution is 4.89. The summed E-state index contributed by atoms with van der Waals surface area (Å²) in [6.07, 6.45) is 6.80. The summed E-state index contributed by atoms with van der Waals surface area (Å²) in [5, 5.41) is 20.1. The topological polar surface area (TPSA) is 63.0 Å². The van der Waals surface area contributed by atoms with E-state index in [0.717, 1.165) is 19.5 Å². The Morgan fingerprint density at radius 2 is 2.47 bits per heavy atom. The maximum absolute atomic E-state index is 8.84. The average molecular weight is 210 g/mol. The molecule has 1 aliphatic rings. The molecule has 0 radical (unpaired) electrons. The molecule has 0 spiro atoms. The Morgan fingerprint density at radius 3 is 3.13 bits per heavy atom. The molecule has 0 aromatic carbocycles. The highest BCUT2D eigenvalue weighted by atomic mass is 16.3. The molecular weight excluding hydrogens is 192 g/mol. The maximum Gasteiger partial charge on any atom is 0.108 e. The molecule has 1 aromatic rings. The molecule has 1 aromatic heterocycles. The Balaban J connectivity index is 1.76. The Morgan fingerprint density at radius 1 is 1.53 bits per heavy atom. The van der Waals surface area contributed by atoms with Crippen LogP contribution in [0.4, 0.5) is 0 Å². The van der Waals surface area contributed by atoms with Gasteiger partial charge in [0.2, 0.25) is 0 Å². The molecule has 0 saturated carbocycles. The first-order valence-corrected chi connectivity index (χ1v) is 5.62. The molecule has 84 valence electrons. The Bertz CT molecular complexity index is 293. The van der Waals surface area contributed by atoms with Crippen LogP contribution in [0, 0.1) is 0 Å². The summed E-state index contributed by atoms with van der Waals surface area (Å²) < 4.78 is 1.81. The van der Waals surface area contributed by atoms with Crippen molar-refractivity contribution in [1.82, 2.24) is 20.3 Å². The van der Waals surface area contributed by atoms with Gasteiger partial charge in [-0.1, -0.05) is 11.6 Å². The monoisotopic (exact) mass is 210 g/mol. The van der Waals surface area contributed by atoms with Crippen molar-refractivity contribution in [3.05, 3.63) is 11.9 Å². The number of nitrogens with zero attached hydrogens (tertiary/aromatic N) is 3. The summed E-state index contributed by atoms with van der Waals surface area (Å²) in [7, 11) is 0. The molecule has 5 heteroatoms. The third kappa shape index (κ3) is 3.00. The van der Waals surface area contributed by atoms with Crippen molar-refractivity contribution < 1.29 is 5.11 Å². The number of hydrogen-bond acceptors (Lipinski definition) is 4. The molecule has 0 bridgehead atoms. The molecule has 2 heterocycles. The van der Waals surface area contributed by atoms with Crippen LogP contribution in [-0.4, -0.2) is 32.7 Å². The van der Waals surface area contributed by atoms with Crippen LogP contribution >= 0.6 is 0 Å². The molecule has 2 N–H and O–H groups in total. The van der Waals surface area contributed by atoms with Gasteiger partial charge in [-0.3, -0.25) is 4.68 Å². The summed E-state index contributed by atoms with van der Waals surface area (Å²) in [6.45, 7) is 2.00. The molecule has 5 nitrogen and oxygen atoms in total. The lowest BCUT2D eigenvalue weighted by Gasteiger charge is -2.23. The summed E-state index contributed by atoms with van der Waals surface area (Å²) in [5.41, 5.74) is 0.645. The second-order valence-electron chi connectivity index (χ2n) is 4.07. The molecular formula is C10H18N4O. The van der Waals surface area contributed by atoms with Crippen molar-refractivity contribution in [1.29, 1.82) is 0 Å². The van der Waals surface area contributed by atoms with E-state index in [4.69, 9.17) is 5.11 Å². The molecule has 0 amide bonds. The number of nitrogens with one attached hydrogen (secondary N) is 1. The zero-order valence-electron chi connectivity index (χ0n) is 8.89. The highest BCUT2D eigenvalue weighted by Gasteiger charge is 2.12. The van der Waals surface area contributed by atoms with Gasteiger partial charge in [0.15, 0.2) is 0 Å². The van der Waals surface area contributed by atoms with Gasteiger partial charge in [-0.05, 0) is 25.8 Å². The second kappa shape index (κ2) is 5.23. The van der Waals surface area contributed by atoms with Crippen LogP contribution in [0.5, 0.6) is 0 Å². The van der Waals surface area contributed by atoms with Gasteiger partial charge < -0.3 is 10.4 Å². The van der Waals surface area contributed by atoms with Gasteiger partial charge in [0.25, 0.3) is 0 Å². The van der Waals surface area contributed by atoms with Gasteiger partial charge in [0.05, 0.1) is 12.8 Å². The van der Waals surface area contributed by atoms with Gasteiger partial charge in [-0.15, -0.1) is 5.10 Å². The first-order chi connectivity index (χ1) is 7.38. The summed E-state index contributed by atoms with van der Waals surface area (Å²) >= 11 is 0. The first-order valence-electron chi connectivity index (χ1n) is 5.62. The lowest BCUT2D eigenvalue weighted by Crippen LogP contribution is -2.34. The van der Waals surface area contributed by atoms with E-state index in [2.05, 4.69) is 15.6 Å². The van der Waals surface area contributed by atoms with Gasteiger partial charge in [-0.25, -0.2) is 0 Å². The molecule has 0 aliphatic carbocycles. The van der Waals surface area contributed by atoms with E-state index >= 15 is 0 Å². The molecule has 1 aliphatic heterocycles. The largest absolute Gasteiger partial charge is 0.390 e. The predicted octanol–water partition coefficient (Wildman–Crippen LogP) is 0.303. The van der Waals surface area contributed by atoms with E-state index in [1.807, 2.05) is 10.9 Å². The van der Waals surface area contributed by atoms with Crippen molar-refractivity contribution in [3.8, 4) is 0 Å². The smallest absolute Gasteiger partial charge is 0.108 e. The van der Waals surface area contributed by atoms with E-state index in [1.165, 1.54) is 19.3 Å². The van der Waals surface area contributed by atoms with Gasteiger partial charge in [0, 0.05) is 12.6 Å². The van der Waals surface area contributed by atoms with Gasteiger partial charge >= 0.3 is 0 Å². The quantitative estimate of drug-likeness (QED) is 0.750. The fourth-order valence-corrected chi connectivity index (χ4v) is 1.98. The number of aliphatic hydroxyl groups is 1. The third-order valence-electron chi connectivity index (χ3n) is 2.87. The van der Waals surface area contributed by atoms with Crippen LogP contribution in [0.15, 0.2) is 6.20 Å². The SMILES string of the molecule is OCc1cn(CC[C@@H]2CCCCN2)nn1. The first kappa shape index (κ1) is 10.6. The fourth-order valence-electron chi connectivity index (χ4n) is 1.98. The molecule has 1 atom stereocenters. The fraction of sp³-hybridized carbons (Fsp3) is 0.800. The zero-order chi connectivity index (χ0) is 10.5. The Labute approximate surface area is 89.5 Å². The van der Waals surface area contributed by atoms with Crippen LogP contribution in [0.1, 0.15) is 31.4 Å². The second-order valence-corrected chi connectivity index (χ2v) is 4.07. The molecule has 1 saturated heterocycles. The average Bonchev–Trinajstić information content (AvgIpc) is 2.76. The summed E-state index contributed by atoms with van der Waals surface area (Å²) in [5.74, 6) is 0. The Kier molecular flexibility index (Phi) is 3.69. The van der Waals surface area contributed by atoms with Crippen LogP contribution in [-0.2, 0) is 13.2 Å². The Hall–Kier alpha value is -0.940. The van der Waals surface area contributed by atoms with Crippen molar-refractivity contribution in [2.24, 2.45) is 0 Å². The minimum absolute atomic E-state index is 0.0261. The van der Waals surface area contributed by atoms with E-state index in [0.29, 0.717) is 11.7 Å².